The Labute approximate surface area is 96.6 Å². The molecule has 0 saturated heterocycles. The molecule has 0 radical (unpaired) electrons. The lowest BCUT2D eigenvalue weighted by Gasteiger charge is -2.13. The lowest BCUT2D eigenvalue weighted by atomic mass is 10.3. The molecule has 0 spiro atoms. The highest BCUT2D eigenvalue weighted by molar-refractivity contribution is 6.16. The van der Waals surface area contributed by atoms with Crippen molar-refractivity contribution in [1.82, 2.24) is 10.2 Å². The Kier molecular flexibility index (Phi) is 3.05. The van der Waals surface area contributed by atoms with Crippen LogP contribution >= 0.6 is 11.6 Å². The zero-order chi connectivity index (χ0) is 11.5. The van der Waals surface area contributed by atoms with Crippen LogP contribution in [-0.2, 0) is 5.88 Å². The van der Waals surface area contributed by atoms with E-state index >= 15 is 0 Å². The molecule has 0 aliphatic carbocycles. The van der Waals surface area contributed by atoms with Crippen LogP contribution in [0.1, 0.15) is 5.89 Å². The third kappa shape index (κ3) is 2.14. The number of alkyl halides is 1. The van der Waals surface area contributed by atoms with Gasteiger partial charge >= 0.3 is 6.01 Å². The zero-order valence-electron chi connectivity index (χ0n) is 8.52. The van der Waals surface area contributed by atoms with Gasteiger partial charge in [-0.25, -0.2) is 4.39 Å². The molecule has 0 unspecified atom stereocenters. The van der Waals surface area contributed by atoms with E-state index in [1.165, 1.54) is 12.1 Å². The summed E-state index contributed by atoms with van der Waals surface area (Å²) in [5, 5.41) is 7.52. The number of halogens is 2. The van der Waals surface area contributed by atoms with Crippen LogP contribution in [0.25, 0.3) is 0 Å². The summed E-state index contributed by atoms with van der Waals surface area (Å²) in [5.74, 6) is 0.172. The fraction of sp³-hybridized carbons (Fsp3) is 0.200. The Morgan fingerprint density at radius 2 is 2.25 bits per heavy atom. The lowest BCUT2D eigenvalue weighted by molar-refractivity contribution is 0.518. The molecule has 6 heteroatoms. The van der Waals surface area contributed by atoms with Gasteiger partial charge in [-0.1, -0.05) is 11.2 Å². The Balaban J connectivity index is 2.27. The van der Waals surface area contributed by atoms with Crippen molar-refractivity contribution in [3.63, 3.8) is 0 Å². The van der Waals surface area contributed by atoms with Gasteiger partial charge in [0.2, 0.25) is 5.89 Å². The summed E-state index contributed by atoms with van der Waals surface area (Å²) >= 11 is 5.54. The summed E-state index contributed by atoms with van der Waals surface area (Å²) in [6, 6.07) is 6.38. The van der Waals surface area contributed by atoms with Gasteiger partial charge in [-0.15, -0.1) is 16.7 Å². The minimum Gasteiger partial charge on any atom is -0.406 e. The predicted molar refractivity (Wildman–Crippen MR) is 58.3 cm³/mol. The smallest absolute Gasteiger partial charge is 0.322 e. The van der Waals surface area contributed by atoms with Crippen LogP contribution in [0.4, 0.5) is 16.1 Å². The molecule has 0 aliphatic heterocycles. The van der Waals surface area contributed by atoms with Crippen molar-refractivity contribution in [3.8, 4) is 0 Å². The first-order valence-corrected chi connectivity index (χ1v) is 5.12. The van der Waals surface area contributed by atoms with Crippen LogP contribution in [0.3, 0.4) is 0 Å². The molecule has 0 aliphatic rings. The number of rotatable bonds is 3. The SMILES string of the molecule is CN(c1cccc(F)c1)c1nnc(CCl)o1. The third-order valence-corrected chi connectivity index (χ3v) is 2.28. The first-order valence-electron chi connectivity index (χ1n) is 4.58. The molecule has 0 saturated carbocycles. The van der Waals surface area contributed by atoms with Crippen LogP contribution in [0.15, 0.2) is 28.7 Å². The second-order valence-electron chi connectivity index (χ2n) is 3.15. The van der Waals surface area contributed by atoms with Crippen molar-refractivity contribution in [2.24, 2.45) is 0 Å². The zero-order valence-corrected chi connectivity index (χ0v) is 9.28. The number of hydrogen-bond acceptors (Lipinski definition) is 4. The maximum absolute atomic E-state index is 13.0. The number of nitrogens with zero attached hydrogens (tertiary/aromatic N) is 3. The van der Waals surface area contributed by atoms with Crippen molar-refractivity contribution in [3.05, 3.63) is 36.0 Å². The second-order valence-corrected chi connectivity index (χ2v) is 3.42. The van der Waals surface area contributed by atoms with Gasteiger partial charge in [0.15, 0.2) is 0 Å². The van der Waals surface area contributed by atoms with E-state index in [9.17, 15) is 4.39 Å². The van der Waals surface area contributed by atoms with Crippen LogP contribution < -0.4 is 4.90 Å². The molecule has 2 aromatic rings. The summed E-state index contributed by atoms with van der Waals surface area (Å²) in [6.45, 7) is 0. The number of hydrogen-bond donors (Lipinski definition) is 0. The molecule has 0 amide bonds. The number of aromatic nitrogens is 2. The van der Waals surface area contributed by atoms with Gasteiger partial charge in [0.25, 0.3) is 0 Å². The molecule has 4 nitrogen and oxygen atoms in total. The molecule has 1 aromatic heterocycles. The topological polar surface area (TPSA) is 42.2 Å². The average molecular weight is 242 g/mol. The van der Waals surface area contributed by atoms with Crippen molar-refractivity contribution in [1.29, 1.82) is 0 Å². The lowest BCUT2D eigenvalue weighted by Crippen LogP contribution is -2.09. The minimum atomic E-state index is -0.318. The average Bonchev–Trinajstić information content (AvgIpc) is 2.76. The van der Waals surface area contributed by atoms with Crippen LogP contribution in [0.5, 0.6) is 0 Å². The summed E-state index contributed by atoms with van der Waals surface area (Å²) in [5.41, 5.74) is 0.629. The number of benzene rings is 1. The van der Waals surface area contributed by atoms with Crippen molar-refractivity contribution >= 4 is 23.3 Å². The molecule has 1 heterocycles. The molecule has 0 atom stereocenters. The third-order valence-electron chi connectivity index (χ3n) is 2.05. The van der Waals surface area contributed by atoms with Gasteiger partial charge in [-0.3, -0.25) is 4.90 Å². The van der Waals surface area contributed by atoms with E-state index in [-0.39, 0.29) is 17.7 Å². The van der Waals surface area contributed by atoms with E-state index in [1.54, 1.807) is 24.1 Å². The molecule has 0 bridgehead atoms. The summed E-state index contributed by atoms with van der Waals surface area (Å²) in [6.07, 6.45) is 0. The van der Waals surface area contributed by atoms with Crippen molar-refractivity contribution in [2.45, 2.75) is 5.88 Å². The fourth-order valence-corrected chi connectivity index (χ4v) is 1.34. The Hall–Kier alpha value is -1.62. The Morgan fingerprint density at radius 1 is 1.44 bits per heavy atom. The number of anilines is 2. The fourth-order valence-electron chi connectivity index (χ4n) is 1.23. The van der Waals surface area contributed by atoms with Gasteiger partial charge in [0.1, 0.15) is 11.7 Å². The van der Waals surface area contributed by atoms with Crippen LogP contribution in [0.2, 0.25) is 0 Å². The van der Waals surface area contributed by atoms with Gasteiger partial charge in [-0.2, -0.15) is 0 Å². The van der Waals surface area contributed by atoms with Gasteiger partial charge < -0.3 is 4.42 Å². The summed E-state index contributed by atoms with van der Waals surface area (Å²) < 4.78 is 18.2. The van der Waals surface area contributed by atoms with E-state index in [0.29, 0.717) is 11.6 Å². The minimum absolute atomic E-state index is 0.157. The van der Waals surface area contributed by atoms with Gasteiger partial charge in [0, 0.05) is 12.7 Å². The van der Waals surface area contributed by atoms with E-state index in [0.717, 1.165) is 0 Å². The highest BCUT2D eigenvalue weighted by atomic mass is 35.5. The maximum Gasteiger partial charge on any atom is 0.322 e. The molecule has 0 fully saturated rings. The highest BCUT2D eigenvalue weighted by Crippen LogP contribution is 2.22. The Bertz CT molecular complexity index is 488. The predicted octanol–water partition coefficient (Wildman–Crippen LogP) is 2.72. The quantitative estimate of drug-likeness (QED) is 0.775. The maximum atomic E-state index is 13.0. The monoisotopic (exact) mass is 241 g/mol. The standard InChI is InChI=1S/C10H9ClFN3O/c1-15(8-4-2-3-7(12)5-8)10-14-13-9(6-11)16-10/h2-5H,6H2,1H3. The van der Waals surface area contributed by atoms with E-state index < -0.39 is 0 Å². The van der Waals surface area contributed by atoms with Gasteiger partial charge in [-0.05, 0) is 18.2 Å². The van der Waals surface area contributed by atoms with Crippen LogP contribution in [-0.4, -0.2) is 17.2 Å². The molecule has 2 rings (SSSR count). The van der Waals surface area contributed by atoms with E-state index in [2.05, 4.69) is 10.2 Å². The second kappa shape index (κ2) is 4.49. The van der Waals surface area contributed by atoms with Crippen molar-refractivity contribution in [2.75, 3.05) is 11.9 Å². The Morgan fingerprint density at radius 3 is 2.88 bits per heavy atom. The summed E-state index contributed by atoms with van der Waals surface area (Å²) in [4.78, 5) is 1.59. The molecular weight excluding hydrogens is 233 g/mol. The van der Waals surface area contributed by atoms with Gasteiger partial charge in [0.05, 0.1) is 0 Å². The molecule has 84 valence electrons. The van der Waals surface area contributed by atoms with E-state index in [4.69, 9.17) is 16.0 Å². The molecule has 1 aromatic carbocycles. The highest BCUT2D eigenvalue weighted by Gasteiger charge is 2.12. The first kappa shape index (κ1) is 10.9. The van der Waals surface area contributed by atoms with E-state index in [1.807, 2.05) is 0 Å². The van der Waals surface area contributed by atoms with Crippen molar-refractivity contribution < 1.29 is 8.81 Å². The molecular formula is C10H9ClFN3O. The largest absolute Gasteiger partial charge is 0.406 e. The molecule has 16 heavy (non-hydrogen) atoms. The van der Waals surface area contributed by atoms with Crippen LogP contribution in [0, 0.1) is 5.82 Å². The first-order chi connectivity index (χ1) is 7.70. The normalized spacial score (nSPS) is 10.4. The molecule has 0 N–H and O–H groups in total. The summed E-state index contributed by atoms with van der Waals surface area (Å²) in [7, 11) is 1.71.